The van der Waals surface area contributed by atoms with Gasteiger partial charge < -0.3 is 14.6 Å². The summed E-state index contributed by atoms with van der Waals surface area (Å²) >= 11 is 0. The van der Waals surface area contributed by atoms with E-state index in [-0.39, 0.29) is 23.9 Å². The van der Waals surface area contributed by atoms with Gasteiger partial charge in [-0.1, -0.05) is 17.3 Å². The van der Waals surface area contributed by atoms with E-state index in [1.807, 2.05) is 17.7 Å². The summed E-state index contributed by atoms with van der Waals surface area (Å²) in [5.41, 5.74) is 2.51. The van der Waals surface area contributed by atoms with E-state index in [9.17, 15) is 9.18 Å². The third-order valence-corrected chi connectivity index (χ3v) is 5.47. The molecule has 1 saturated heterocycles. The largest absolute Gasteiger partial charge is 0.370 e. The summed E-state index contributed by atoms with van der Waals surface area (Å²) in [5.74, 6) is -0.472. The van der Waals surface area contributed by atoms with E-state index in [1.54, 1.807) is 17.2 Å². The first-order chi connectivity index (χ1) is 12.6. The van der Waals surface area contributed by atoms with Crippen molar-refractivity contribution in [2.24, 2.45) is 0 Å². The number of amides is 1. The minimum absolute atomic E-state index is 0.0366. The molecule has 1 amide bonds. The van der Waals surface area contributed by atoms with Crippen molar-refractivity contribution in [3.05, 3.63) is 47.2 Å². The number of hydrogen-bond donors (Lipinski definition) is 1. The van der Waals surface area contributed by atoms with Crippen molar-refractivity contribution in [2.75, 3.05) is 13.1 Å². The number of fused-ring (bicyclic) bond motifs is 4. The third kappa shape index (κ3) is 2.18. The molecule has 0 unspecified atom stereocenters. The van der Waals surface area contributed by atoms with Gasteiger partial charge in [0.05, 0.1) is 36.2 Å². The number of ether oxygens (including phenoxy) is 1. The molecule has 0 saturated carbocycles. The van der Waals surface area contributed by atoms with Crippen molar-refractivity contribution < 1.29 is 13.9 Å². The Balaban J connectivity index is 1.47. The van der Waals surface area contributed by atoms with Gasteiger partial charge in [0, 0.05) is 18.5 Å². The van der Waals surface area contributed by atoms with Crippen LogP contribution in [-0.2, 0) is 11.3 Å². The van der Waals surface area contributed by atoms with Gasteiger partial charge in [0.15, 0.2) is 0 Å². The average molecular weight is 355 g/mol. The van der Waals surface area contributed by atoms with Crippen LogP contribution >= 0.6 is 0 Å². The number of carbonyl (C=O) groups is 1. The summed E-state index contributed by atoms with van der Waals surface area (Å²) in [5, 5.41) is 8.86. The highest BCUT2D eigenvalue weighted by Crippen LogP contribution is 2.32. The van der Waals surface area contributed by atoms with Crippen molar-refractivity contribution in [2.45, 2.75) is 32.1 Å². The lowest BCUT2D eigenvalue weighted by Crippen LogP contribution is -2.50. The lowest BCUT2D eigenvalue weighted by molar-refractivity contribution is -0.0605. The number of carbonyl (C=O) groups excluding carboxylic acids is 1. The molecular weight excluding hydrogens is 337 g/mol. The Labute approximate surface area is 148 Å². The maximum absolute atomic E-state index is 14.0. The Hall–Kier alpha value is -2.74. The van der Waals surface area contributed by atoms with Gasteiger partial charge in [-0.3, -0.25) is 4.79 Å². The van der Waals surface area contributed by atoms with E-state index in [0.717, 1.165) is 23.1 Å². The van der Waals surface area contributed by atoms with Crippen LogP contribution in [0.25, 0.3) is 10.9 Å². The highest BCUT2D eigenvalue weighted by molar-refractivity contribution is 6.01. The summed E-state index contributed by atoms with van der Waals surface area (Å²) in [7, 11) is 0. The Kier molecular flexibility index (Phi) is 3.36. The van der Waals surface area contributed by atoms with Gasteiger partial charge in [0.1, 0.15) is 11.5 Å². The van der Waals surface area contributed by atoms with Crippen molar-refractivity contribution in [1.82, 2.24) is 24.9 Å². The fourth-order valence-corrected chi connectivity index (χ4v) is 4.05. The second kappa shape index (κ2) is 5.63. The normalized spacial score (nSPS) is 22.3. The zero-order chi connectivity index (χ0) is 17.8. The fourth-order valence-electron chi connectivity index (χ4n) is 4.05. The van der Waals surface area contributed by atoms with Gasteiger partial charge in [-0.05, 0) is 25.0 Å². The summed E-state index contributed by atoms with van der Waals surface area (Å²) in [6.45, 7) is 3.44. The highest BCUT2D eigenvalue weighted by atomic mass is 19.1. The van der Waals surface area contributed by atoms with E-state index >= 15 is 0 Å². The molecule has 134 valence electrons. The van der Waals surface area contributed by atoms with Crippen LogP contribution in [0.5, 0.6) is 0 Å². The van der Waals surface area contributed by atoms with Crippen LogP contribution in [0.3, 0.4) is 0 Å². The molecule has 8 heteroatoms. The molecule has 1 aromatic carbocycles. The first kappa shape index (κ1) is 15.5. The standard InChI is InChI=1S/C18H18FN5O2/c1-10-12-3-2-4-13(19)17(12)21-16(10)18(25)23-6-5-15-14(8-23)24-11(9-26-15)7-20-22-24/h2-4,7,14-15,21H,5-6,8-9H2,1H3/t14-,15+/m0/s1. The maximum atomic E-state index is 14.0. The average Bonchev–Trinajstić information content (AvgIpc) is 3.27. The number of H-pyrrole nitrogens is 1. The zero-order valence-corrected chi connectivity index (χ0v) is 14.3. The van der Waals surface area contributed by atoms with Crippen molar-refractivity contribution in [1.29, 1.82) is 0 Å². The number of aryl methyl sites for hydroxylation is 1. The first-order valence-corrected chi connectivity index (χ1v) is 8.70. The summed E-state index contributed by atoms with van der Waals surface area (Å²) in [4.78, 5) is 17.9. The second-order valence-electron chi connectivity index (χ2n) is 6.91. The van der Waals surface area contributed by atoms with E-state index in [0.29, 0.717) is 30.9 Å². The number of rotatable bonds is 1. The first-order valence-electron chi connectivity index (χ1n) is 8.70. The van der Waals surface area contributed by atoms with Gasteiger partial charge in [0.25, 0.3) is 5.91 Å². The van der Waals surface area contributed by atoms with Crippen molar-refractivity contribution in [3.8, 4) is 0 Å². The smallest absolute Gasteiger partial charge is 0.270 e. The molecule has 7 nitrogen and oxygen atoms in total. The van der Waals surface area contributed by atoms with Gasteiger partial charge >= 0.3 is 0 Å². The number of nitrogens with one attached hydrogen (secondary N) is 1. The second-order valence-corrected chi connectivity index (χ2v) is 6.91. The fraction of sp³-hybridized carbons (Fsp3) is 0.389. The van der Waals surface area contributed by atoms with Crippen LogP contribution in [0.4, 0.5) is 4.39 Å². The van der Waals surface area contributed by atoms with Crippen molar-refractivity contribution >= 4 is 16.8 Å². The molecule has 1 fully saturated rings. The number of likely N-dealkylation sites (tertiary alicyclic amines) is 1. The molecule has 3 aromatic rings. The Morgan fingerprint density at radius 3 is 3.15 bits per heavy atom. The minimum atomic E-state index is -0.351. The van der Waals surface area contributed by atoms with Gasteiger partial charge in [-0.2, -0.15) is 0 Å². The van der Waals surface area contributed by atoms with Crippen LogP contribution in [0.2, 0.25) is 0 Å². The predicted octanol–water partition coefficient (Wildman–Crippen LogP) is 2.19. The molecule has 0 bridgehead atoms. The lowest BCUT2D eigenvalue weighted by atomic mass is 10.00. The Morgan fingerprint density at radius 2 is 2.31 bits per heavy atom. The zero-order valence-electron chi connectivity index (χ0n) is 14.3. The quantitative estimate of drug-likeness (QED) is 0.726. The third-order valence-electron chi connectivity index (χ3n) is 5.47. The SMILES string of the molecule is Cc1c(C(=O)N2CC[C@H]3OCc4cnnn4[C@H]3C2)[nH]c2c(F)cccc12. The Morgan fingerprint density at radius 1 is 1.42 bits per heavy atom. The number of halogens is 1. The number of para-hydroxylation sites is 1. The van der Waals surface area contributed by atoms with Crippen molar-refractivity contribution in [3.63, 3.8) is 0 Å². The summed E-state index contributed by atoms with van der Waals surface area (Å²) in [6, 6.07) is 4.83. The molecule has 0 aliphatic carbocycles. The number of aromatic nitrogens is 4. The van der Waals surface area contributed by atoms with E-state index in [1.165, 1.54) is 6.07 Å². The summed E-state index contributed by atoms with van der Waals surface area (Å²) in [6.07, 6.45) is 2.47. The van der Waals surface area contributed by atoms with Gasteiger partial charge in [-0.15, -0.1) is 5.10 Å². The molecule has 0 spiro atoms. The van der Waals surface area contributed by atoms with Crippen LogP contribution in [0.1, 0.15) is 34.2 Å². The number of piperidine rings is 1. The predicted molar refractivity (Wildman–Crippen MR) is 91.2 cm³/mol. The van der Waals surface area contributed by atoms with E-state index in [2.05, 4.69) is 15.3 Å². The molecule has 26 heavy (non-hydrogen) atoms. The Bertz CT molecular complexity index is 1010. The van der Waals surface area contributed by atoms with E-state index in [4.69, 9.17) is 4.74 Å². The molecule has 4 heterocycles. The molecule has 2 aliphatic rings. The molecular formula is C18H18FN5O2. The van der Waals surface area contributed by atoms with Gasteiger partial charge in [-0.25, -0.2) is 9.07 Å². The van der Waals surface area contributed by atoms with Crippen LogP contribution in [0.15, 0.2) is 24.4 Å². The molecule has 2 atom stereocenters. The van der Waals surface area contributed by atoms with Gasteiger partial charge in [0.2, 0.25) is 0 Å². The minimum Gasteiger partial charge on any atom is -0.370 e. The lowest BCUT2D eigenvalue weighted by Gasteiger charge is -2.40. The number of hydrogen-bond acceptors (Lipinski definition) is 4. The van der Waals surface area contributed by atoms with Crippen LogP contribution in [-0.4, -0.2) is 50.0 Å². The summed E-state index contributed by atoms with van der Waals surface area (Å²) < 4.78 is 21.8. The molecule has 2 aromatic heterocycles. The molecule has 5 rings (SSSR count). The highest BCUT2D eigenvalue weighted by Gasteiger charge is 2.38. The topological polar surface area (TPSA) is 76.0 Å². The van der Waals surface area contributed by atoms with E-state index < -0.39 is 0 Å². The number of nitrogens with zero attached hydrogens (tertiary/aromatic N) is 4. The molecule has 1 N–H and O–H groups in total. The monoisotopic (exact) mass is 355 g/mol. The number of benzene rings is 1. The van der Waals surface area contributed by atoms with Crippen LogP contribution in [0, 0.1) is 12.7 Å². The number of aromatic amines is 1. The molecule has 2 aliphatic heterocycles. The maximum Gasteiger partial charge on any atom is 0.270 e. The molecule has 0 radical (unpaired) electrons. The van der Waals surface area contributed by atoms with Crippen LogP contribution < -0.4 is 0 Å².